The average Bonchev–Trinajstić information content (AvgIpc) is 2.88. The Bertz CT molecular complexity index is 345. The first kappa shape index (κ1) is 14.6. The quantitative estimate of drug-likeness (QED) is 0.736. The van der Waals surface area contributed by atoms with Gasteiger partial charge in [0.2, 0.25) is 0 Å². The molecule has 0 unspecified atom stereocenters. The van der Waals surface area contributed by atoms with E-state index in [4.69, 9.17) is 13.9 Å². The van der Waals surface area contributed by atoms with Crippen molar-refractivity contribution in [3.63, 3.8) is 0 Å². The molecule has 0 atom stereocenters. The number of hydrogen-bond donors (Lipinski definition) is 1. The van der Waals surface area contributed by atoms with E-state index in [1.165, 1.54) is 5.56 Å². The lowest BCUT2D eigenvalue weighted by Crippen LogP contribution is -2.20. The normalized spacial score (nSPS) is 16.9. The van der Waals surface area contributed by atoms with Gasteiger partial charge in [-0.25, -0.2) is 0 Å². The van der Waals surface area contributed by atoms with Crippen molar-refractivity contribution in [2.75, 3.05) is 26.4 Å². The molecule has 0 bridgehead atoms. The van der Waals surface area contributed by atoms with E-state index in [1.807, 2.05) is 6.07 Å². The second-order valence-electron chi connectivity index (χ2n) is 5.12. The topological polar surface area (TPSA) is 43.6 Å². The zero-order valence-electron chi connectivity index (χ0n) is 11.8. The molecule has 4 nitrogen and oxygen atoms in total. The summed E-state index contributed by atoms with van der Waals surface area (Å²) in [5.41, 5.74) is 1.21. The van der Waals surface area contributed by atoms with E-state index in [1.54, 1.807) is 6.26 Å². The number of rotatable bonds is 8. The molecule has 0 amide bonds. The summed E-state index contributed by atoms with van der Waals surface area (Å²) in [6, 6.07) is 2.02. The van der Waals surface area contributed by atoms with Crippen LogP contribution in [-0.4, -0.2) is 26.4 Å². The highest BCUT2D eigenvalue weighted by atomic mass is 16.5. The highest BCUT2D eigenvalue weighted by Crippen LogP contribution is 2.17. The maximum absolute atomic E-state index is 5.79. The van der Waals surface area contributed by atoms with Gasteiger partial charge in [-0.05, 0) is 37.8 Å². The lowest BCUT2D eigenvalue weighted by atomic mass is 10.0. The van der Waals surface area contributed by atoms with Crippen LogP contribution in [0.15, 0.2) is 16.7 Å². The molecule has 0 radical (unpaired) electrons. The van der Waals surface area contributed by atoms with Crippen LogP contribution in [0.4, 0.5) is 0 Å². The fourth-order valence-electron chi connectivity index (χ4n) is 2.28. The largest absolute Gasteiger partial charge is 0.467 e. The molecule has 0 spiro atoms. The summed E-state index contributed by atoms with van der Waals surface area (Å²) in [5.74, 6) is 1.60. The third-order valence-electron chi connectivity index (χ3n) is 3.51. The van der Waals surface area contributed by atoms with Gasteiger partial charge in [-0.15, -0.1) is 0 Å². The van der Waals surface area contributed by atoms with Gasteiger partial charge in [0.15, 0.2) is 0 Å². The van der Waals surface area contributed by atoms with Gasteiger partial charge in [-0.1, -0.05) is 6.92 Å². The van der Waals surface area contributed by atoms with Crippen LogP contribution in [0.1, 0.15) is 37.5 Å². The number of hydrogen-bond acceptors (Lipinski definition) is 4. The average molecular weight is 267 g/mol. The van der Waals surface area contributed by atoms with Gasteiger partial charge in [0, 0.05) is 25.3 Å². The summed E-state index contributed by atoms with van der Waals surface area (Å²) in [4.78, 5) is 0. The second-order valence-corrected chi connectivity index (χ2v) is 5.12. The summed E-state index contributed by atoms with van der Waals surface area (Å²) < 4.78 is 16.6. The van der Waals surface area contributed by atoms with E-state index in [-0.39, 0.29) is 0 Å². The summed E-state index contributed by atoms with van der Waals surface area (Å²) in [6.07, 6.45) is 5.12. The lowest BCUT2D eigenvalue weighted by molar-refractivity contribution is 0.0117. The number of furan rings is 1. The molecule has 1 aliphatic rings. The standard InChI is InChI=1S/C15H25NO3/c1-2-6-16-10-14-5-9-19-15(14)12-18-11-13-3-7-17-8-4-13/h5,9,13,16H,2-4,6-8,10-12H2,1H3. The van der Waals surface area contributed by atoms with E-state index in [0.717, 1.165) is 57.9 Å². The Balaban J connectivity index is 1.68. The van der Waals surface area contributed by atoms with Crippen LogP contribution in [0.2, 0.25) is 0 Å². The Labute approximate surface area is 115 Å². The van der Waals surface area contributed by atoms with Crippen LogP contribution in [-0.2, 0) is 22.6 Å². The maximum Gasteiger partial charge on any atom is 0.133 e. The lowest BCUT2D eigenvalue weighted by Gasteiger charge is -2.21. The van der Waals surface area contributed by atoms with Crippen LogP contribution in [0.25, 0.3) is 0 Å². The summed E-state index contributed by atoms with van der Waals surface area (Å²) in [5, 5.41) is 3.39. The third kappa shape index (κ3) is 4.97. The molecule has 4 heteroatoms. The number of nitrogens with one attached hydrogen (secondary N) is 1. The van der Waals surface area contributed by atoms with E-state index >= 15 is 0 Å². The minimum atomic E-state index is 0.577. The smallest absolute Gasteiger partial charge is 0.133 e. The SMILES string of the molecule is CCCNCc1ccoc1COCC1CCOCC1. The molecule has 1 N–H and O–H groups in total. The van der Waals surface area contributed by atoms with Crippen molar-refractivity contribution in [3.8, 4) is 0 Å². The minimum absolute atomic E-state index is 0.577. The summed E-state index contributed by atoms with van der Waals surface area (Å²) in [6.45, 7) is 7.20. The fraction of sp³-hybridized carbons (Fsp3) is 0.733. The molecular formula is C15H25NO3. The van der Waals surface area contributed by atoms with E-state index in [0.29, 0.717) is 12.5 Å². The van der Waals surface area contributed by atoms with Gasteiger partial charge in [0.1, 0.15) is 12.4 Å². The number of ether oxygens (including phenoxy) is 2. The van der Waals surface area contributed by atoms with Crippen molar-refractivity contribution in [3.05, 3.63) is 23.7 Å². The molecule has 0 aliphatic carbocycles. The second kappa shape index (κ2) is 8.35. The van der Waals surface area contributed by atoms with Crippen LogP contribution in [0.3, 0.4) is 0 Å². The van der Waals surface area contributed by atoms with E-state index in [2.05, 4.69) is 12.2 Å². The van der Waals surface area contributed by atoms with Crippen molar-refractivity contribution in [1.29, 1.82) is 0 Å². The molecule has 2 heterocycles. The minimum Gasteiger partial charge on any atom is -0.467 e. The van der Waals surface area contributed by atoms with Gasteiger partial charge >= 0.3 is 0 Å². The Morgan fingerprint density at radius 3 is 3.00 bits per heavy atom. The first-order chi connectivity index (χ1) is 9.40. The molecule has 1 saturated heterocycles. The molecule has 0 aromatic carbocycles. The maximum atomic E-state index is 5.79. The van der Waals surface area contributed by atoms with E-state index in [9.17, 15) is 0 Å². The monoisotopic (exact) mass is 267 g/mol. The molecule has 108 valence electrons. The predicted octanol–water partition coefficient (Wildman–Crippen LogP) is 2.72. The first-order valence-electron chi connectivity index (χ1n) is 7.31. The molecule has 1 aromatic heterocycles. The summed E-state index contributed by atoms with van der Waals surface area (Å²) >= 11 is 0. The van der Waals surface area contributed by atoms with Gasteiger partial charge in [-0.2, -0.15) is 0 Å². The zero-order valence-corrected chi connectivity index (χ0v) is 11.8. The van der Waals surface area contributed by atoms with Crippen molar-refractivity contribution in [2.45, 2.75) is 39.3 Å². The van der Waals surface area contributed by atoms with Gasteiger partial charge in [0.25, 0.3) is 0 Å². The van der Waals surface area contributed by atoms with Gasteiger partial charge < -0.3 is 19.2 Å². The zero-order chi connectivity index (χ0) is 13.3. The molecule has 1 fully saturated rings. The van der Waals surface area contributed by atoms with Crippen LogP contribution < -0.4 is 5.32 Å². The molecule has 19 heavy (non-hydrogen) atoms. The Morgan fingerprint density at radius 1 is 1.37 bits per heavy atom. The molecule has 0 saturated carbocycles. The van der Waals surface area contributed by atoms with Crippen LogP contribution in [0.5, 0.6) is 0 Å². The van der Waals surface area contributed by atoms with Crippen LogP contribution >= 0.6 is 0 Å². The van der Waals surface area contributed by atoms with Crippen molar-refractivity contribution in [2.24, 2.45) is 5.92 Å². The van der Waals surface area contributed by atoms with Gasteiger partial charge in [-0.3, -0.25) is 0 Å². The molecule has 1 aromatic rings. The predicted molar refractivity (Wildman–Crippen MR) is 73.9 cm³/mol. The Hall–Kier alpha value is -0.840. The van der Waals surface area contributed by atoms with Crippen molar-refractivity contribution in [1.82, 2.24) is 5.32 Å². The Morgan fingerprint density at radius 2 is 2.21 bits per heavy atom. The fourth-order valence-corrected chi connectivity index (χ4v) is 2.28. The van der Waals surface area contributed by atoms with Crippen molar-refractivity contribution >= 4 is 0 Å². The third-order valence-corrected chi connectivity index (χ3v) is 3.51. The molecule has 1 aliphatic heterocycles. The summed E-state index contributed by atoms with van der Waals surface area (Å²) in [7, 11) is 0. The van der Waals surface area contributed by atoms with Crippen LogP contribution in [0, 0.1) is 5.92 Å². The highest BCUT2D eigenvalue weighted by molar-refractivity contribution is 5.16. The molecule has 2 rings (SSSR count). The highest BCUT2D eigenvalue weighted by Gasteiger charge is 2.14. The van der Waals surface area contributed by atoms with Crippen molar-refractivity contribution < 1.29 is 13.9 Å². The van der Waals surface area contributed by atoms with Gasteiger partial charge in [0.05, 0.1) is 12.9 Å². The Kier molecular flexibility index (Phi) is 6.41. The van der Waals surface area contributed by atoms with E-state index < -0.39 is 0 Å². The molecular weight excluding hydrogens is 242 g/mol. The first-order valence-corrected chi connectivity index (χ1v) is 7.31.